The van der Waals surface area contributed by atoms with E-state index < -0.39 is 55.2 Å². The molecule has 0 radical (unpaired) electrons. The lowest BCUT2D eigenvalue weighted by Gasteiger charge is -2.50. The second-order valence-corrected chi connectivity index (χ2v) is 10.6. The molecule has 3 saturated heterocycles. The molecule has 0 aliphatic carbocycles. The van der Waals surface area contributed by atoms with Crippen LogP contribution in [0, 0.1) is 5.92 Å². The molecular weight excluding hydrogens is 504 g/mol. The van der Waals surface area contributed by atoms with E-state index in [1.807, 2.05) is 81.4 Å². The highest BCUT2D eigenvalue weighted by atomic mass is 16.8. The third-order valence-electron chi connectivity index (χ3n) is 7.74. The van der Waals surface area contributed by atoms with Crippen LogP contribution in [0.5, 0.6) is 0 Å². The van der Waals surface area contributed by atoms with Gasteiger partial charge in [0.15, 0.2) is 18.7 Å². The molecule has 2 aromatic rings. The SMILES string of the molecule is CC(=O)OC1[C@H](O[C@@H]2C(OCc3ccccc3)[C@H](C)OC3COC(c4ccccc4)O[C@H]32)OC(C)[C@H](C)[C@@H]1O. The van der Waals surface area contributed by atoms with Gasteiger partial charge in [-0.2, -0.15) is 0 Å². The monoisotopic (exact) mass is 542 g/mol. The molecule has 9 nitrogen and oxygen atoms in total. The smallest absolute Gasteiger partial charge is 0.303 e. The summed E-state index contributed by atoms with van der Waals surface area (Å²) in [5, 5.41) is 11.0. The van der Waals surface area contributed by atoms with Gasteiger partial charge in [0.1, 0.15) is 30.5 Å². The summed E-state index contributed by atoms with van der Waals surface area (Å²) in [4.78, 5) is 12.0. The fourth-order valence-electron chi connectivity index (χ4n) is 5.43. The number of aliphatic hydroxyl groups excluding tert-OH is 1. The zero-order chi connectivity index (χ0) is 27.5. The average molecular weight is 543 g/mol. The first kappa shape index (κ1) is 28.2. The van der Waals surface area contributed by atoms with Gasteiger partial charge < -0.3 is 38.3 Å². The highest BCUT2D eigenvalue weighted by Crippen LogP contribution is 2.39. The van der Waals surface area contributed by atoms with Gasteiger partial charge in [-0.25, -0.2) is 0 Å². The predicted molar refractivity (Wildman–Crippen MR) is 139 cm³/mol. The van der Waals surface area contributed by atoms with Crippen molar-refractivity contribution >= 4 is 5.97 Å². The number of aliphatic hydroxyl groups is 1. The minimum absolute atomic E-state index is 0.262. The van der Waals surface area contributed by atoms with E-state index in [1.54, 1.807) is 0 Å². The zero-order valence-electron chi connectivity index (χ0n) is 22.8. The Morgan fingerprint density at radius 3 is 2.28 bits per heavy atom. The molecule has 2 aromatic carbocycles. The van der Waals surface area contributed by atoms with Crippen molar-refractivity contribution in [2.24, 2.45) is 5.92 Å². The summed E-state index contributed by atoms with van der Waals surface area (Å²) >= 11 is 0. The van der Waals surface area contributed by atoms with Crippen molar-refractivity contribution in [1.29, 1.82) is 0 Å². The molecule has 11 atom stereocenters. The lowest BCUT2D eigenvalue weighted by molar-refractivity contribution is -0.370. The summed E-state index contributed by atoms with van der Waals surface area (Å²) in [5.74, 6) is -0.790. The maximum Gasteiger partial charge on any atom is 0.303 e. The molecule has 39 heavy (non-hydrogen) atoms. The number of esters is 1. The Hall–Kier alpha value is -2.37. The van der Waals surface area contributed by atoms with E-state index in [0.717, 1.165) is 11.1 Å². The fourth-order valence-corrected chi connectivity index (χ4v) is 5.43. The van der Waals surface area contributed by atoms with Gasteiger partial charge in [-0.1, -0.05) is 67.6 Å². The Morgan fingerprint density at radius 1 is 0.897 bits per heavy atom. The van der Waals surface area contributed by atoms with Crippen LogP contribution in [0.4, 0.5) is 0 Å². The number of fused-ring (bicyclic) bond motifs is 1. The molecule has 212 valence electrons. The maximum atomic E-state index is 12.0. The molecule has 3 fully saturated rings. The van der Waals surface area contributed by atoms with Gasteiger partial charge in [0, 0.05) is 18.4 Å². The molecule has 5 unspecified atom stereocenters. The normalized spacial score (nSPS) is 38.5. The van der Waals surface area contributed by atoms with Crippen LogP contribution >= 0.6 is 0 Å². The Balaban J connectivity index is 1.43. The van der Waals surface area contributed by atoms with Crippen molar-refractivity contribution < 1.29 is 43.1 Å². The summed E-state index contributed by atoms with van der Waals surface area (Å²) in [6.45, 7) is 7.59. The van der Waals surface area contributed by atoms with E-state index in [4.69, 9.17) is 33.2 Å². The number of rotatable bonds is 7. The molecule has 0 spiro atoms. The second kappa shape index (κ2) is 12.4. The van der Waals surface area contributed by atoms with Gasteiger partial charge in [0.2, 0.25) is 0 Å². The van der Waals surface area contributed by atoms with Gasteiger partial charge in [-0.05, 0) is 19.4 Å². The molecular formula is C30H38O9. The third-order valence-corrected chi connectivity index (χ3v) is 7.74. The number of hydrogen-bond acceptors (Lipinski definition) is 9. The third kappa shape index (κ3) is 6.36. The van der Waals surface area contributed by atoms with Crippen molar-refractivity contribution in [3.63, 3.8) is 0 Å². The number of benzene rings is 2. The van der Waals surface area contributed by atoms with Crippen molar-refractivity contribution in [2.45, 2.75) is 95.7 Å². The van der Waals surface area contributed by atoms with Gasteiger partial charge in [0.25, 0.3) is 0 Å². The summed E-state index contributed by atoms with van der Waals surface area (Å²) in [6, 6.07) is 19.5. The van der Waals surface area contributed by atoms with E-state index >= 15 is 0 Å². The van der Waals surface area contributed by atoms with Gasteiger partial charge in [-0.3, -0.25) is 4.79 Å². The van der Waals surface area contributed by atoms with Gasteiger partial charge in [0.05, 0.1) is 25.4 Å². The molecule has 5 rings (SSSR count). The van der Waals surface area contributed by atoms with Crippen molar-refractivity contribution in [3.8, 4) is 0 Å². The lowest BCUT2D eigenvalue weighted by atomic mass is 9.90. The molecule has 3 heterocycles. The Kier molecular flexibility index (Phi) is 8.98. The summed E-state index contributed by atoms with van der Waals surface area (Å²) < 4.78 is 43.5. The van der Waals surface area contributed by atoms with Crippen LogP contribution in [0.2, 0.25) is 0 Å². The van der Waals surface area contributed by atoms with E-state index in [0.29, 0.717) is 13.2 Å². The minimum Gasteiger partial charge on any atom is -0.454 e. The summed E-state index contributed by atoms with van der Waals surface area (Å²) in [5.41, 5.74) is 1.88. The van der Waals surface area contributed by atoms with Crippen molar-refractivity contribution in [1.82, 2.24) is 0 Å². The Labute approximate surface area is 229 Å². The molecule has 0 saturated carbocycles. The van der Waals surface area contributed by atoms with E-state index in [-0.39, 0.29) is 18.1 Å². The van der Waals surface area contributed by atoms with Crippen LogP contribution in [-0.2, 0) is 44.6 Å². The van der Waals surface area contributed by atoms with Gasteiger partial charge in [-0.15, -0.1) is 0 Å². The quantitative estimate of drug-likeness (QED) is 0.527. The minimum atomic E-state index is -1.03. The standard InChI is InChI=1S/C30H38O9/c1-17-18(2)36-30(27(24(17)32)37-20(4)31)39-28-25(33-15-21-11-7-5-8-12-21)19(3)35-23-16-34-29(38-26(23)28)22-13-9-6-10-14-22/h5-14,17-19,23-30,32H,15-16H2,1-4H3/t17-,18?,19-,23?,24-,25?,26+,27?,28+,29?,30-/m0/s1. The molecule has 0 aromatic heterocycles. The molecule has 3 aliphatic heterocycles. The zero-order valence-corrected chi connectivity index (χ0v) is 22.8. The largest absolute Gasteiger partial charge is 0.454 e. The van der Waals surface area contributed by atoms with Gasteiger partial charge >= 0.3 is 5.97 Å². The second-order valence-electron chi connectivity index (χ2n) is 10.6. The first-order chi connectivity index (χ1) is 18.8. The highest BCUT2D eigenvalue weighted by molar-refractivity contribution is 5.66. The summed E-state index contributed by atoms with van der Waals surface area (Å²) in [6.07, 6.45) is -6.53. The molecule has 9 heteroatoms. The molecule has 1 N–H and O–H groups in total. The lowest BCUT2D eigenvalue weighted by Crippen LogP contribution is -2.65. The van der Waals surface area contributed by atoms with Crippen LogP contribution in [0.3, 0.4) is 0 Å². The fraction of sp³-hybridized carbons (Fsp3) is 0.567. The number of carbonyl (C=O) groups is 1. The van der Waals surface area contributed by atoms with Crippen LogP contribution in [0.1, 0.15) is 45.1 Å². The Morgan fingerprint density at radius 2 is 1.59 bits per heavy atom. The summed E-state index contributed by atoms with van der Waals surface area (Å²) in [7, 11) is 0. The number of carbonyl (C=O) groups excluding carboxylic acids is 1. The highest BCUT2D eigenvalue weighted by Gasteiger charge is 2.53. The maximum absolute atomic E-state index is 12.0. The topological polar surface area (TPSA) is 102 Å². The number of ether oxygens (including phenoxy) is 7. The molecule has 3 aliphatic rings. The first-order valence-corrected chi connectivity index (χ1v) is 13.6. The molecule has 0 bridgehead atoms. The first-order valence-electron chi connectivity index (χ1n) is 13.6. The van der Waals surface area contributed by atoms with E-state index in [1.165, 1.54) is 6.92 Å². The number of hydrogen-bond donors (Lipinski definition) is 1. The van der Waals surface area contributed by atoms with Crippen LogP contribution in [0.15, 0.2) is 60.7 Å². The Bertz CT molecular complexity index is 1070. The van der Waals surface area contributed by atoms with Crippen molar-refractivity contribution in [3.05, 3.63) is 71.8 Å². The van der Waals surface area contributed by atoms with Crippen LogP contribution in [-0.4, -0.2) is 72.8 Å². The van der Waals surface area contributed by atoms with E-state index in [9.17, 15) is 9.90 Å². The molecule has 0 amide bonds. The van der Waals surface area contributed by atoms with Crippen LogP contribution in [0.25, 0.3) is 0 Å². The van der Waals surface area contributed by atoms with Crippen LogP contribution < -0.4 is 0 Å². The predicted octanol–water partition coefficient (Wildman–Crippen LogP) is 3.53. The van der Waals surface area contributed by atoms with E-state index in [2.05, 4.69) is 0 Å². The van der Waals surface area contributed by atoms with Crippen molar-refractivity contribution in [2.75, 3.05) is 6.61 Å². The average Bonchev–Trinajstić information content (AvgIpc) is 2.94.